The second kappa shape index (κ2) is 6.25. The van der Waals surface area contributed by atoms with Gasteiger partial charge in [-0.15, -0.1) is 0 Å². The fourth-order valence-corrected chi connectivity index (χ4v) is 2.83. The first kappa shape index (κ1) is 17.0. The number of nitrogens with zero attached hydrogens (tertiary/aromatic N) is 3. The number of aromatic amines is 1. The first-order valence-corrected chi connectivity index (χ1v) is 7.40. The molecule has 3 rings (SSSR count). The van der Waals surface area contributed by atoms with Gasteiger partial charge in [-0.25, -0.2) is 0 Å². The van der Waals surface area contributed by atoms with Crippen LogP contribution < -0.4 is 16.0 Å². The lowest BCUT2D eigenvalue weighted by atomic mass is 10.1. The van der Waals surface area contributed by atoms with Gasteiger partial charge in [0.2, 0.25) is 0 Å². The van der Waals surface area contributed by atoms with Crippen molar-refractivity contribution in [1.29, 1.82) is 5.26 Å². The third-order valence-corrected chi connectivity index (χ3v) is 3.98. The number of alkyl halides is 3. The van der Waals surface area contributed by atoms with Crippen LogP contribution in [0, 0.1) is 11.3 Å². The van der Waals surface area contributed by atoms with Crippen molar-refractivity contribution in [1.82, 2.24) is 9.55 Å². The van der Waals surface area contributed by atoms with Crippen molar-refractivity contribution in [2.24, 2.45) is 0 Å². The molecule has 0 bridgehead atoms. The molecular weight excluding hydrogens is 341 g/mol. The summed E-state index contributed by atoms with van der Waals surface area (Å²) in [6, 6.07) is 3.74. The van der Waals surface area contributed by atoms with Crippen molar-refractivity contribution in [3.8, 4) is 6.07 Å². The van der Waals surface area contributed by atoms with Crippen LogP contribution in [0.2, 0.25) is 0 Å². The maximum Gasteiger partial charge on any atom is 0.418 e. The van der Waals surface area contributed by atoms with Crippen molar-refractivity contribution in [2.75, 3.05) is 31.2 Å². The molecule has 0 aliphatic carbocycles. The van der Waals surface area contributed by atoms with E-state index in [1.54, 1.807) is 6.07 Å². The highest BCUT2D eigenvalue weighted by Crippen LogP contribution is 2.38. The van der Waals surface area contributed by atoms with Gasteiger partial charge >= 0.3 is 17.3 Å². The number of benzene rings is 1. The first-order valence-electron chi connectivity index (χ1n) is 7.40. The average molecular weight is 354 g/mol. The number of halogens is 3. The molecule has 0 spiro atoms. The van der Waals surface area contributed by atoms with Gasteiger partial charge < -0.3 is 14.6 Å². The van der Waals surface area contributed by atoms with E-state index >= 15 is 0 Å². The number of fused-ring (bicyclic) bond motifs is 1. The Kier molecular flexibility index (Phi) is 4.26. The van der Waals surface area contributed by atoms with Crippen LogP contribution in [-0.4, -0.2) is 35.9 Å². The van der Waals surface area contributed by atoms with Gasteiger partial charge in [-0.1, -0.05) is 0 Å². The Morgan fingerprint density at radius 1 is 1.24 bits per heavy atom. The van der Waals surface area contributed by atoms with Gasteiger partial charge in [0.25, 0.3) is 0 Å². The Morgan fingerprint density at radius 3 is 2.52 bits per heavy atom. The number of ether oxygens (including phenoxy) is 1. The normalized spacial score (nSPS) is 15.4. The summed E-state index contributed by atoms with van der Waals surface area (Å²) >= 11 is 0. The number of anilines is 1. The maximum atomic E-state index is 13.5. The van der Waals surface area contributed by atoms with E-state index in [0.29, 0.717) is 0 Å². The second-order valence-corrected chi connectivity index (χ2v) is 5.49. The molecule has 7 nitrogen and oxygen atoms in total. The number of hydrogen-bond donors (Lipinski definition) is 1. The van der Waals surface area contributed by atoms with Crippen LogP contribution in [0.4, 0.5) is 18.9 Å². The highest BCUT2D eigenvalue weighted by molar-refractivity contribution is 5.82. The Bertz CT molecular complexity index is 965. The molecule has 1 aliphatic rings. The minimum Gasteiger partial charge on any atom is -0.378 e. The van der Waals surface area contributed by atoms with Gasteiger partial charge in [0.1, 0.15) is 6.54 Å². The Morgan fingerprint density at radius 2 is 1.92 bits per heavy atom. The number of nitrogens with one attached hydrogen (secondary N) is 1. The van der Waals surface area contributed by atoms with E-state index in [1.807, 2.05) is 0 Å². The summed E-state index contributed by atoms with van der Waals surface area (Å²) in [6.45, 7) is 0.659. The highest BCUT2D eigenvalue weighted by Gasteiger charge is 2.36. The standard InChI is InChI=1S/C15H13F3N4O3/c16-15(17,18)9-7-10-12(8-11(9)21-3-5-25-6-4-21)22(2-1-19)14(24)13(23)20-10/h7-8H,2-6H2,(H,20,23). The largest absolute Gasteiger partial charge is 0.418 e. The van der Waals surface area contributed by atoms with Gasteiger partial charge in [-0.05, 0) is 12.1 Å². The zero-order chi connectivity index (χ0) is 18.2. The smallest absolute Gasteiger partial charge is 0.378 e. The lowest BCUT2D eigenvalue weighted by Crippen LogP contribution is -2.38. The molecule has 2 aromatic rings. The number of H-pyrrole nitrogens is 1. The molecule has 0 radical (unpaired) electrons. The SMILES string of the molecule is N#CCn1c(=O)c(=O)[nH]c2cc(C(F)(F)F)c(N3CCOCC3)cc21. The molecule has 0 saturated carbocycles. The van der Waals surface area contributed by atoms with Crippen LogP contribution in [0.15, 0.2) is 21.7 Å². The lowest BCUT2D eigenvalue weighted by molar-refractivity contribution is -0.137. The number of nitriles is 1. The monoisotopic (exact) mass is 354 g/mol. The van der Waals surface area contributed by atoms with Crippen molar-refractivity contribution in [2.45, 2.75) is 12.7 Å². The number of morpholine rings is 1. The fourth-order valence-electron chi connectivity index (χ4n) is 2.83. The van der Waals surface area contributed by atoms with Crippen molar-refractivity contribution < 1.29 is 17.9 Å². The molecule has 0 unspecified atom stereocenters. The molecular formula is C15H13F3N4O3. The zero-order valence-electron chi connectivity index (χ0n) is 12.9. The van der Waals surface area contributed by atoms with E-state index in [9.17, 15) is 22.8 Å². The van der Waals surface area contributed by atoms with Crippen molar-refractivity contribution in [3.05, 3.63) is 38.4 Å². The van der Waals surface area contributed by atoms with Crippen LogP contribution in [0.5, 0.6) is 0 Å². The predicted octanol–water partition coefficient (Wildman–Crippen LogP) is 1.07. The molecule has 1 aliphatic heterocycles. The molecule has 1 N–H and O–H groups in total. The fraction of sp³-hybridized carbons (Fsp3) is 0.400. The quantitative estimate of drug-likeness (QED) is 0.815. The molecule has 1 aromatic carbocycles. The van der Waals surface area contributed by atoms with Gasteiger partial charge in [0.15, 0.2) is 0 Å². The number of hydrogen-bond acceptors (Lipinski definition) is 5. The third-order valence-electron chi connectivity index (χ3n) is 3.98. The molecule has 0 amide bonds. The molecule has 2 heterocycles. The molecule has 132 valence electrons. The van der Waals surface area contributed by atoms with E-state index in [1.165, 1.54) is 11.0 Å². The molecule has 10 heteroatoms. The van der Waals surface area contributed by atoms with Crippen molar-refractivity contribution in [3.63, 3.8) is 0 Å². The van der Waals surface area contributed by atoms with E-state index in [2.05, 4.69) is 4.98 Å². The average Bonchev–Trinajstić information content (AvgIpc) is 2.58. The number of rotatable bonds is 2. The lowest BCUT2D eigenvalue weighted by Gasteiger charge is -2.31. The zero-order valence-corrected chi connectivity index (χ0v) is 12.9. The van der Waals surface area contributed by atoms with E-state index in [0.717, 1.165) is 10.6 Å². The molecule has 1 aromatic heterocycles. The van der Waals surface area contributed by atoms with Gasteiger partial charge in [0.05, 0.1) is 41.6 Å². The van der Waals surface area contributed by atoms with E-state index in [-0.39, 0.29) is 43.0 Å². The summed E-state index contributed by atoms with van der Waals surface area (Å²) in [4.78, 5) is 27.3. The van der Waals surface area contributed by atoms with Gasteiger partial charge in [-0.3, -0.25) is 14.2 Å². The molecule has 25 heavy (non-hydrogen) atoms. The second-order valence-electron chi connectivity index (χ2n) is 5.49. The summed E-state index contributed by atoms with van der Waals surface area (Å²) in [5.74, 6) is 0. The summed E-state index contributed by atoms with van der Waals surface area (Å²) in [7, 11) is 0. The van der Waals surface area contributed by atoms with Gasteiger partial charge in [-0.2, -0.15) is 18.4 Å². The summed E-state index contributed by atoms with van der Waals surface area (Å²) in [6.07, 6.45) is -4.64. The van der Waals surface area contributed by atoms with E-state index in [4.69, 9.17) is 10.00 Å². The van der Waals surface area contributed by atoms with Gasteiger partial charge in [0, 0.05) is 13.1 Å². The highest BCUT2D eigenvalue weighted by atomic mass is 19.4. The third kappa shape index (κ3) is 3.10. The van der Waals surface area contributed by atoms with Crippen molar-refractivity contribution >= 4 is 16.7 Å². The van der Waals surface area contributed by atoms with Crippen LogP contribution >= 0.6 is 0 Å². The Hall–Kier alpha value is -2.80. The predicted molar refractivity (Wildman–Crippen MR) is 82.5 cm³/mol. The van der Waals surface area contributed by atoms with E-state index < -0.39 is 29.4 Å². The summed E-state index contributed by atoms with van der Waals surface area (Å²) < 4.78 is 46.5. The van der Waals surface area contributed by atoms with Crippen LogP contribution in [-0.2, 0) is 17.5 Å². The minimum absolute atomic E-state index is 0.0700. The molecule has 0 atom stereocenters. The van der Waals surface area contributed by atoms with Crippen LogP contribution in [0.3, 0.4) is 0 Å². The first-order chi connectivity index (χ1) is 11.8. The number of aromatic nitrogens is 2. The molecule has 1 saturated heterocycles. The Labute approximate surface area is 138 Å². The maximum absolute atomic E-state index is 13.5. The minimum atomic E-state index is -4.64. The summed E-state index contributed by atoms with van der Waals surface area (Å²) in [5.41, 5.74) is -3.16. The summed E-state index contributed by atoms with van der Waals surface area (Å²) in [5, 5.41) is 8.87. The van der Waals surface area contributed by atoms with Crippen LogP contribution in [0.1, 0.15) is 5.56 Å². The topological polar surface area (TPSA) is 91.1 Å². The Balaban J connectivity index is 2.34. The van der Waals surface area contributed by atoms with Crippen LogP contribution in [0.25, 0.3) is 11.0 Å². The molecule has 1 fully saturated rings.